The molecule has 0 bridgehead atoms. The van der Waals surface area contributed by atoms with Crippen LogP contribution in [0, 0.1) is 15.5 Å². The molecule has 1 aromatic rings. The zero-order chi connectivity index (χ0) is 14.3. The van der Waals surface area contributed by atoms with Gasteiger partial charge >= 0.3 is 0 Å². The molecule has 2 heterocycles. The number of non-ortho nitro benzene ring substituents is 1. The minimum absolute atomic E-state index is 0.0816. The van der Waals surface area contributed by atoms with Gasteiger partial charge in [0.15, 0.2) is 0 Å². The summed E-state index contributed by atoms with van der Waals surface area (Å²) >= 11 is 12.4. The van der Waals surface area contributed by atoms with E-state index in [9.17, 15) is 10.1 Å². The molecular weight excluding hydrogens is 303 g/mol. The van der Waals surface area contributed by atoms with Crippen molar-refractivity contribution < 1.29 is 9.66 Å². The van der Waals surface area contributed by atoms with Gasteiger partial charge in [-0.3, -0.25) is 10.1 Å². The van der Waals surface area contributed by atoms with Gasteiger partial charge in [0, 0.05) is 37.2 Å². The Hall–Kier alpha value is -1.04. The van der Waals surface area contributed by atoms with Crippen LogP contribution < -0.4 is 4.90 Å². The number of ether oxygens (including phenoxy) is 1. The number of rotatable bonds is 2. The summed E-state index contributed by atoms with van der Waals surface area (Å²) in [6.07, 6.45) is 2.09. The van der Waals surface area contributed by atoms with Crippen LogP contribution >= 0.6 is 23.2 Å². The highest BCUT2D eigenvalue weighted by Crippen LogP contribution is 2.45. The summed E-state index contributed by atoms with van der Waals surface area (Å²) < 4.78 is 5.50. The lowest BCUT2D eigenvalue weighted by Crippen LogP contribution is -2.27. The molecule has 2 aliphatic rings. The zero-order valence-corrected chi connectivity index (χ0v) is 12.3. The molecule has 1 aromatic carbocycles. The first kappa shape index (κ1) is 13.9. The Balaban J connectivity index is 1.89. The Morgan fingerprint density at radius 3 is 2.55 bits per heavy atom. The van der Waals surface area contributed by atoms with Crippen LogP contribution in [0.25, 0.3) is 0 Å². The smallest absolute Gasteiger partial charge is 0.272 e. The van der Waals surface area contributed by atoms with Crippen LogP contribution in [0.15, 0.2) is 12.1 Å². The Morgan fingerprint density at radius 1 is 1.30 bits per heavy atom. The van der Waals surface area contributed by atoms with Crippen LogP contribution in [-0.2, 0) is 4.74 Å². The molecule has 2 fully saturated rings. The second kappa shape index (κ2) is 5.06. The fourth-order valence-electron chi connectivity index (χ4n) is 3.06. The van der Waals surface area contributed by atoms with Gasteiger partial charge < -0.3 is 9.64 Å². The minimum Gasteiger partial charge on any atom is -0.381 e. The Bertz CT molecular complexity index is 536. The highest BCUT2D eigenvalue weighted by Gasteiger charge is 2.42. The average molecular weight is 317 g/mol. The summed E-state index contributed by atoms with van der Waals surface area (Å²) in [4.78, 5) is 12.4. The number of hydrogen-bond donors (Lipinski definition) is 0. The quantitative estimate of drug-likeness (QED) is 0.618. The van der Waals surface area contributed by atoms with Crippen molar-refractivity contribution in [3.63, 3.8) is 0 Å². The van der Waals surface area contributed by atoms with E-state index in [-0.39, 0.29) is 11.1 Å². The van der Waals surface area contributed by atoms with Gasteiger partial charge in [-0.25, -0.2) is 0 Å². The number of anilines is 1. The van der Waals surface area contributed by atoms with Crippen LogP contribution in [0.2, 0.25) is 10.0 Å². The lowest BCUT2D eigenvalue weighted by molar-refractivity contribution is -0.384. The SMILES string of the molecule is O=[N+]([O-])c1cc(Cl)c(N2CCC3(CCOC3)C2)c(Cl)c1. The summed E-state index contributed by atoms with van der Waals surface area (Å²) in [6, 6.07) is 2.72. The van der Waals surface area contributed by atoms with Gasteiger partial charge in [0.2, 0.25) is 0 Å². The fraction of sp³-hybridized carbons (Fsp3) is 0.538. The summed E-state index contributed by atoms with van der Waals surface area (Å²) in [5.74, 6) is 0. The van der Waals surface area contributed by atoms with Crippen molar-refractivity contribution in [3.05, 3.63) is 32.3 Å². The molecule has 5 nitrogen and oxygen atoms in total. The number of benzene rings is 1. The Kier molecular flexibility index (Phi) is 3.52. The first-order chi connectivity index (χ1) is 9.51. The van der Waals surface area contributed by atoms with Crippen molar-refractivity contribution in [3.8, 4) is 0 Å². The predicted molar refractivity (Wildman–Crippen MR) is 77.8 cm³/mol. The van der Waals surface area contributed by atoms with Crippen molar-refractivity contribution in [1.82, 2.24) is 0 Å². The molecule has 0 aliphatic carbocycles. The van der Waals surface area contributed by atoms with Gasteiger partial charge in [-0.2, -0.15) is 0 Å². The van der Waals surface area contributed by atoms with E-state index in [0.717, 1.165) is 39.1 Å². The summed E-state index contributed by atoms with van der Waals surface area (Å²) in [5.41, 5.74) is 0.804. The zero-order valence-electron chi connectivity index (χ0n) is 10.8. The number of nitro benzene ring substituents is 1. The normalized spacial score (nSPS) is 25.6. The third-order valence-electron chi connectivity index (χ3n) is 4.15. The molecule has 20 heavy (non-hydrogen) atoms. The molecule has 1 atom stereocenters. The average Bonchev–Trinajstić information content (AvgIpc) is 3.00. The maximum absolute atomic E-state index is 10.8. The van der Waals surface area contributed by atoms with Crippen molar-refractivity contribution in [1.29, 1.82) is 0 Å². The third kappa shape index (κ3) is 2.34. The molecule has 2 aliphatic heterocycles. The molecule has 0 radical (unpaired) electrons. The summed E-state index contributed by atoms with van der Waals surface area (Å²) in [5, 5.41) is 11.5. The molecule has 2 saturated heterocycles. The van der Waals surface area contributed by atoms with E-state index < -0.39 is 4.92 Å². The monoisotopic (exact) mass is 316 g/mol. The predicted octanol–water partition coefficient (Wildman–Crippen LogP) is 3.52. The molecule has 3 rings (SSSR count). The molecule has 1 spiro atoms. The van der Waals surface area contributed by atoms with Gasteiger partial charge in [0.1, 0.15) is 0 Å². The first-order valence-electron chi connectivity index (χ1n) is 6.47. The van der Waals surface area contributed by atoms with Crippen molar-refractivity contribution in [2.24, 2.45) is 5.41 Å². The van der Waals surface area contributed by atoms with E-state index in [4.69, 9.17) is 27.9 Å². The second-order valence-corrected chi connectivity index (χ2v) is 6.30. The first-order valence-corrected chi connectivity index (χ1v) is 7.22. The van der Waals surface area contributed by atoms with E-state index in [0.29, 0.717) is 15.7 Å². The summed E-state index contributed by atoms with van der Waals surface area (Å²) in [6.45, 7) is 3.26. The molecule has 0 saturated carbocycles. The van der Waals surface area contributed by atoms with E-state index >= 15 is 0 Å². The van der Waals surface area contributed by atoms with E-state index in [1.54, 1.807) is 0 Å². The second-order valence-electron chi connectivity index (χ2n) is 5.49. The van der Waals surface area contributed by atoms with Crippen molar-refractivity contribution in [2.45, 2.75) is 12.8 Å². The number of hydrogen-bond acceptors (Lipinski definition) is 4. The van der Waals surface area contributed by atoms with Crippen molar-refractivity contribution >= 4 is 34.6 Å². The lowest BCUT2D eigenvalue weighted by Gasteiger charge is -2.24. The van der Waals surface area contributed by atoms with E-state index in [1.165, 1.54) is 12.1 Å². The fourth-order valence-corrected chi connectivity index (χ4v) is 3.77. The molecule has 108 valence electrons. The third-order valence-corrected chi connectivity index (χ3v) is 4.73. The largest absolute Gasteiger partial charge is 0.381 e. The maximum Gasteiger partial charge on any atom is 0.272 e. The number of nitrogens with zero attached hydrogens (tertiary/aromatic N) is 2. The van der Waals surface area contributed by atoms with E-state index in [2.05, 4.69) is 4.90 Å². The summed E-state index contributed by atoms with van der Waals surface area (Å²) in [7, 11) is 0. The number of nitro groups is 1. The molecule has 0 aromatic heterocycles. The topological polar surface area (TPSA) is 55.6 Å². The van der Waals surface area contributed by atoms with Crippen LogP contribution in [-0.4, -0.2) is 31.2 Å². The standard InChI is InChI=1S/C13H14Cl2N2O3/c14-10-5-9(17(18)19)6-11(15)12(10)16-3-1-13(7-16)2-4-20-8-13/h5-6H,1-4,7-8H2. The van der Waals surface area contributed by atoms with Crippen molar-refractivity contribution in [2.75, 3.05) is 31.2 Å². The van der Waals surface area contributed by atoms with Crippen LogP contribution in [0.5, 0.6) is 0 Å². The highest BCUT2D eigenvalue weighted by atomic mass is 35.5. The lowest BCUT2D eigenvalue weighted by atomic mass is 9.87. The van der Waals surface area contributed by atoms with Crippen LogP contribution in [0.1, 0.15) is 12.8 Å². The molecule has 7 heteroatoms. The van der Waals surface area contributed by atoms with Gasteiger partial charge in [0.25, 0.3) is 5.69 Å². The maximum atomic E-state index is 10.8. The molecular formula is C13H14Cl2N2O3. The molecule has 0 N–H and O–H groups in total. The molecule has 0 amide bonds. The van der Waals surface area contributed by atoms with Gasteiger partial charge in [-0.1, -0.05) is 23.2 Å². The highest BCUT2D eigenvalue weighted by molar-refractivity contribution is 6.39. The van der Waals surface area contributed by atoms with Crippen LogP contribution in [0.4, 0.5) is 11.4 Å². The van der Waals surface area contributed by atoms with Crippen LogP contribution in [0.3, 0.4) is 0 Å². The molecule has 1 unspecified atom stereocenters. The number of halogens is 2. The van der Waals surface area contributed by atoms with Gasteiger partial charge in [0.05, 0.1) is 27.3 Å². The van der Waals surface area contributed by atoms with Gasteiger partial charge in [-0.15, -0.1) is 0 Å². The Labute approximate surface area is 126 Å². The van der Waals surface area contributed by atoms with Gasteiger partial charge in [-0.05, 0) is 12.8 Å². The minimum atomic E-state index is -0.488. The Morgan fingerprint density at radius 2 is 2.00 bits per heavy atom. The van der Waals surface area contributed by atoms with E-state index in [1.807, 2.05) is 0 Å².